The normalized spacial score (nSPS) is 16.4. The molecule has 1 amide bonds. The Balaban J connectivity index is 1.66. The minimum absolute atomic E-state index is 0.156. The Kier molecular flexibility index (Phi) is 6.16. The lowest BCUT2D eigenvalue weighted by Gasteiger charge is -2.34. The number of amides is 1. The van der Waals surface area contributed by atoms with Crippen LogP contribution in [0.3, 0.4) is 0 Å². The fraction of sp³-hybridized carbons (Fsp3) is 0.714. The maximum Gasteiger partial charge on any atom is 0.236 e. The number of methoxy groups -OCH3 is 1. The van der Waals surface area contributed by atoms with E-state index in [0.717, 1.165) is 44.2 Å². The van der Waals surface area contributed by atoms with Crippen molar-refractivity contribution in [2.45, 2.75) is 13.5 Å². The van der Waals surface area contributed by atoms with Gasteiger partial charge < -0.3 is 19.5 Å². The van der Waals surface area contributed by atoms with Crippen molar-refractivity contribution in [1.29, 1.82) is 0 Å². The van der Waals surface area contributed by atoms with Crippen molar-refractivity contribution in [2.24, 2.45) is 0 Å². The summed E-state index contributed by atoms with van der Waals surface area (Å²) >= 11 is 0. The summed E-state index contributed by atoms with van der Waals surface area (Å²) in [6.07, 6.45) is 0. The van der Waals surface area contributed by atoms with Crippen LogP contribution in [0.2, 0.25) is 0 Å². The Labute approximate surface area is 125 Å². The zero-order valence-corrected chi connectivity index (χ0v) is 12.8. The molecular weight excluding hydrogens is 272 g/mol. The first-order chi connectivity index (χ1) is 10.2. The summed E-state index contributed by atoms with van der Waals surface area (Å²) in [6, 6.07) is 1.96. The summed E-state index contributed by atoms with van der Waals surface area (Å²) in [4.78, 5) is 16.2. The van der Waals surface area contributed by atoms with Crippen LogP contribution in [0.5, 0.6) is 0 Å². The topological polar surface area (TPSA) is 70.8 Å². The van der Waals surface area contributed by atoms with Gasteiger partial charge in [0.1, 0.15) is 5.76 Å². The third-order valence-corrected chi connectivity index (χ3v) is 3.55. The van der Waals surface area contributed by atoms with Crippen LogP contribution in [0.25, 0.3) is 0 Å². The first kappa shape index (κ1) is 15.9. The molecule has 7 nitrogen and oxygen atoms in total. The number of piperazine rings is 1. The molecular formula is C14H24N4O3. The number of hydrogen-bond acceptors (Lipinski definition) is 6. The van der Waals surface area contributed by atoms with Crippen LogP contribution in [0.15, 0.2) is 10.6 Å². The molecule has 2 heterocycles. The van der Waals surface area contributed by atoms with Crippen LogP contribution in [0.4, 0.5) is 0 Å². The molecule has 1 aliphatic heterocycles. The van der Waals surface area contributed by atoms with E-state index in [-0.39, 0.29) is 5.91 Å². The molecule has 7 heteroatoms. The van der Waals surface area contributed by atoms with Gasteiger partial charge in [0.15, 0.2) is 0 Å². The minimum atomic E-state index is 0.156. The number of nitrogens with one attached hydrogen (secondary N) is 1. The van der Waals surface area contributed by atoms with Crippen LogP contribution in [0, 0.1) is 6.92 Å². The first-order valence-corrected chi connectivity index (χ1v) is 7.31. The number of ether oxygens (including phenoxy) is 1. The Morgan fingerprint density at radius 1 is 1.43 bits per heavy atom. The highest BCUT2D eigenvalue weighted by Gasteiger charge is 2.21. The quantitative estimate of drug-likeness (QED) is 0.707. The average Bonchev–Trinajstić information content (AvgIpc) is 2.89. The fourth-order valence-electron chi connectivity index (χ4n) is 2.36. The number of carbonyl (C=O) groups is 1. The van der Waals surface area contributed by atoms with E-state index < -0.39 is 0 Å². The maximum atomic E-state index is 12.0. The molecule has 0 spiro atoms. The summed E-state index contributed by atoms with van der Waals surface area (Å²) in [5, 5.41) is 7.09. The number of aryl methyl sites for hydroxylation is 1. The van der Waals surface area contributed by atoms with Gasteiger partial charge in [-0.15, -0.1) is 0 Å². The van der Waals surface area contributed by atoms with Gasteiger partial charge in [-0.05, 0) is 6.92 Å². The van der Waals surface area contributed by atoms with E-state index in [2.05, 4.69) is 15.4 Å². The lowest BCUT2D eigenvalue weighted by Crippen LogP contribution is -2.50. The lowest BCUT2D eigenvalue weighted by molar-refractivity contribution is -0.132. The summed E-state index contributed by atoms with van der Waals surface area (Å²) < 4.78 is 10.0. The van der Waals surface area contributed by atoms with E-state index in [9.17, 15) is 4.79 Å². The Bertz CT molecular complexity index is 441. The largest absolute Gasteiger partial charge is 0.383 e. The average molecular weight is 296 g/mol. The second-order valence-corrected chi connectivity index (χ2v) is 5.26. The minimum Gasteiger partial charge on any atom is -0.383 e. The van der Waals surface area contributed by atoms with Gasteiger partial charge in [-0.25, -0.2) is 0 Å². The van der Waals surface area contributed by atoms with Gasteiger partial charge in [0, 0.05) is 52.4 Å². The van der Waals surface area contributed by atoms with Crippen LogP contribution in [0.1, 0.15) is 11.5 Å². The Morgan fingerprint density at radius 2 is 2.19 bits per heavy atom. The molecule has 0 saturated carbocycles. The highest BCUT2D eigenvalue weighted by atomic mass is 16.5. The van der Waals surface area contributed by atoms with Gasteiger partial charge in [-0.2, -0.15) is 0 Å². The van der Waals surface area contributed by atoms with E-state index in [1.165, 1.54) is 0 Å². The summed E-state index contributed by atoms with van der Waals surface area (Å²) in [7, 11) is 1.65. The molecule has 2 rings (SSSR count). The number of hydrogen-bond donors (Lipinski definition) is 1. The van der Waals surface area contributed by atoms with Crippen LogP contribution < -0.4 is 5.32 Å². The van der Waals surface area contributed by atoms with Gasteiger partial charge in [0.25, 0.3) is 0 Å². The summed E-state index contributed by atoms with van der Waals surface area (Å²) in [6.45, 7) is 7.65. The molecule has 0 aromatic carbocycles. The molecule has 0 radical (unpaired) electrons. The molecule has 0 unspecified atom stereocenters. The molecule has 1 N–H and O–H groups in total. The zero-order chi connectivity index (χ0) is 15.1. The summed E-state index contributed by atoms with van der Waals surface area (Å²) in [5.74, 6) is 0.990. The third kappa shape index (κ3) is 5.11. The molecule has 1 fully saturated rings. The summed E-state index contributed by atoms with van der Waals surface area (Å²) in [5.41, 5.74) is 0.952. The molecule has 0 aliphatic carbocycles. The number of aromatic nitrogens is 1. The van der Waals surface area contributed by atoms with Crippen molar-refractivity contribution in [3.8, 4) is 0 Å². The smallest absolute Gasteiger partial charge is 0.236 e. The van der Waals surface area contributed by atoms with Crippen molar-refractivity contribution >= 4 is 5.91 Å². The van der Waals surface area contributed by atoms with E-state index in [4.69, 9.17) is 9.26 Å². The maximum absolute atomic E-state index is 12.0. The number of nitrogens with zero attached hydrogens (tertiary/aromatic N) is 3. The van der Waals surface area contributed by atoms with Gasteiger partial charge in [0.2, 0.25) is 5.91 Å². The molecule has 0 atom stereocenters. The molecule has 21 heavy (non-hydrogen) atoms. The number of carbonyl (C=O) groups excluding carboxylic acids is 1. The molecule has 1 aromatic rings. The SMILES string of the molecule is COCCNCC(=O)N1CCN(Cc2cc(C)on2)CC1. The van der Waals surface area contributed by atoms with Crippen molar-refractivity contribution in [3.05, 3.63) is 17.5 Å². The molecule has 118 valence electrons. The van der Waals surface area contributed by atoms with Crippen molar-refractivity contribution in [1.82, 2.24) is 20.3 Å². The van der Waals surface area contributed by atoms with Crippen molar-refractivity contribution in [2.75, 3.05) is 53.0 Å². The Morgan fingerprint density at radius 3 is 2.81 bits per heavy atom. The fourth-order valence-corrected chi connectivity index (χ4v) is 2.36. The Hall–Kier alpha value is -1.44. The van der Waals surface area contributed by atoms with Gasteiger partial charge in [-0.1, -0.05) is 5.16 Å². The molecule has 0 bridgehead atoms. The molecule has 1 aromatic heterocycles. The monoisotopic (exact) mass is 296 g/mol. The second-order valence-electron chi connectivity index (χ2n) is 5.26. The molecule has 1 aliphatic rings. The van der Waals surface area contributed by atoms with Crippen molar-refractivity contribution in [3.63, 3.8) is 0 Å². The third-order valence-electron chi connectivity index (χ3n) is 3.55. The van der Waals surface area contributed by atoms with E-state index in [0.29, 0.717) is 19.7 Å². The van der Waals surface area contributed by atoms with E-state index >= 15 is 0 Å². The first-order valence-electron chi connectivity index (χ1n) is 7.31. The van der Waals surface area contributed by atoms with E-state index in [1.807, 2.05) is 17.9 Å². The van der Waals surface area contributed by atoms with Gasteiger partial charge in [0.05, 0.1) is 18.8 Å². The highest BCUT2D eigenvalue weighted by Crippen LogP contribution is 2.09. The lowest BCUT2D eigenvalue weighted by atomic mass is 10.2. The zero-order valence-electron chi connectivity index (χ0n) is 12.8. The molecule has 1 saturated heterocycles. The predicted octanol–water partition coefficient (Wildman–Crippen LogP) is -0.137. The van der Waals surface area contributed by atoms with Crippen molar-refractivity contribution < 1.29 is 14.1 Å². The predicted molar refractivity (Wildman–Crippen MR) is 77.8 cm³/mol. The van der Waals surface area contributed by atoms with E-state index in [1.54, 1.807) is 7.11 Å². The van der Waals surface area contributed by atoms with Crippen LogP contribution in [-0.2, 0) is 16.1 Å². The second kappa shape index (κ2) is 8.11. The van der Waals surface area contributed by atoms with Crippen LogP contribution >= 0.6 is 0 Å². The van der Waals surface area contributed by atoms with Gasteiger partial charge in [-0.3, -0.25) is 9.69 Å². The standard InChI is InChI=1S/C14H24N4O3/c1-12-9-13(16-21-12)11-17-4-6-18(7-5-17)14(19)10-15-3-8-20-2/h9,15H,3-8,10-11H2,1-2H3. The highest BCUT2D eigenvalue weighted by molar-refractivity contribution is 5.78. The van der Waals surface area contributed by atoms with Crippen LogP contribution in [-0.4, -0.2) is 73.8 Å². The van der Waals surface area contributed by atoms with Gasteiger partial charge >= 0.3 is 0 Å². The number of rotatable bonds is 7.